The van der Waals surface area contributed by atoms with Crippen molar-refractivity contribution >= 4 is 17.5 Å². The van der Waals surface area contributed by atoms with Crippen molar-refractivity contribution in [2.24, 2.45) is 0 Å². The van der Waals surface area contributed by atoms with Gasteiger partial charge in [0.1, 0.15) is 6.54 Å². The van der Waals surface area contributed by atoms with Crippen molar-refractivity contribution < 1.29 is 9.53 Å². The molecular weight excluding hydrogens is 340 g/mol. The Kier molecular flexibility index (Phi) is 6.44. The van der Waals surface area contributed by atoms with Gasteiger partial charge in [0.05, 0.1) is 17.3 Å². The molecular formula is C18H23ClN4O2. The second kappa shape index (κ2) is 8.99. The monoisotopic (exact) mass is 362 g/mol. The second-order valence-electron chi connectivity index (χ2n) is 6.23. The maximum atomic E-state index is 12.0. The number of hydrogen-bond acceptors (Lipinski definition) is 4. The molecule has 1 fully saturated rings. The van der Waals surface area contributed by atoms with Gasteiger partial charge in [-0.25, -0.2) is 0 Å². The van der Waals surface area contributed by atoms with Gasteiger partial charge < -0.3 is 10.1 Å². The average molecular weight is 363 g/mol. The Hall–Kier alpha value is -1.89. The highest BCUT2D eigenvalue weighted by Crippen LogP contribution is 2.10. The largest absolute Gasteiger partial charge is 0.375 e. The van der Waals surface area contributed by atoms with Crippen molar-refractivity contribution in [3.8, 4) is 0 Å². The molecule has 134 valence electrons. The SMILES string of the molecule is O=C(Cn1cc(Cl)cn1)NCC1CN(Cc2ccccc2)CCCO1. The Morgan fingerprint density at radius 3 is 2.96 bits per heavy atom. The van der Waals surface area contributed by atoms with E-state index in [0.717, 1.165) is 32.7 Å². The van der Waals surface area contributed by atoms with Crippen LogP contribution in [0.3, 0.4) is 0 Å². The Morgan fingerprint density at radius 1 is 1.36 bits per heavy atom. The van der Waals surface area contributed by atoms with Crippen molar-refractivity contribution in [2.45, 2.75) is 25.6 Å². The van der Waals surface area contributed by atoms with Gasteiger partial charge in [0.25, 0.3) is 0 Å². The summed E-state index contributed by atoms with van der Waals surface area (Å²) in [5, 5.41) is 7.46. The van der Waals surface area contributed by atoms with Crippen molar-refractivity contribution in [3.05, 3.63) is 53.3 Å². The van der Waals surface area contributed by atoms with Gasteiger partial charge >= 0.3 is 0 Å². The molecule has 1 saturated heterocycles. The van der Waals surface area contributed by atoms with Crippen LogP contribution in [0.4, 0.5) is 0 Å². The molecule has 2 aromatic rings. The third-order valence-electron chi connectivity index (χ3n) is 4.12. The number of benzene rings is 1. The number of rotatable bonds is 6. The van der Waals surface area contributed by atoms with E-state index in [-0.39, 0.29) is 18.6 Å². The molecule has 0 bridgehead atoms. The van der Waals surface area contributed by atoms with E-state index in [0.29, 0.717) is 11.6 Å². The fourth-order valence-corrected chi connectivity index (χ4v) is 3.09. The molecule has 1 aliphatic heterocycles. The summed E-state index contributed by atoms with van der Waals surface area (Å²) in [7, 11) is 0. The van der Waals surface area contributed by atoms with Crippen LogP contribution >= 0.6 is 11.6 Å². The molecule has 7 heteroatoms. The van der Waals surface area contributed by atoms with Crippen LogP contribution in [0.25, 0.3) is 0 Å². The van der Waals surface area contributed by atoms with Gasteiger partial charge in [-0.2, -0.15) is 5.10 Å². The first-order chi connectivity index (χ1) is 12.2. The van der Waals surface area contributed by atoms with Gasteiger partial charge in [-0.05, 0) is 12.0 Å². The molecule has 2 heterocycles. The molecule has 0 radical (unpaired) electrons. The van der Waals surface area contributed by atoms with Crippen LogP contribution in [-0.2, 0) is 22.6 Å². The van der Waals surface area contributed by atoms with Crippen LogP contribution in [0.15, 0.2) is 42.7 Å². The summed E-state index contributed by atoms with van der Waals surface area (Å²) in [6.07, 6.45) is 4.15. The number of nitrogens with zero attached hydrogens (tertiary/aromatic N) is 3. The zero-order valence-corrected chi connectivity index (χ0v) is 14.9. The highest BCUT2D eigenvalue weighted by molar-refractivity contribution is 6.30. The number of carbonyl (C=O) groups excluding carboxylic acids is 1. The molecule has 0 saturated carbocycles. The lowest BCUT2D eigenvalue weighted by Crippen LogP contribution is -2.41. The zero-order chi connectivity index (χ0) is 17.5. The van der Waals surface area contributed by atoms with Crippen molar-refractivity contribution in [2.75, 3.05) is 26.2 Å². The molecule has 25 heavy (non-hydrogen) atoms. The van der Waals surface area contributed by atoms with E-state index in [1.165, 1.54) is 16.4 Å². The number of hydrogen-bond donors (Lipinski definition) is 1. The summed E-state index contributed by atoms with van der Waals surface area (Å²) in [5.74, 6) is -0.0952. The molecule has 1 amide bonds. The average Bonchev–Trinajstić information content (AvgIpc) is 2.88. The minimum atomic E-state index is -0.0952. The molecule has 0 aliphatic carbocycles. The highest BCUT2D eigenvalue weighted by Gasteiger charge is 2.19. The number of aromatic nitrogens is 2. The van der Waals surface area contributed by atoms with E-state index in [1.807, 2.05) is 6.07 Å². The zero-order valence-electron chi connectivity index (χ0n) is 14.1. The van der Waals surface area contributed by atoms with Gasteiger partial charge in [-0.15, -0.1) is 0 Å². The maximum absolute atomic E-state index is 12.0. The number of amides is 1. The maximum Gasteiger partial charge on any atom is 0.241 e. The number of nitrogens with one attached hydrogen (secondary N) is 1. The predicted molar refractivity (Wildman–Crippen MR) is 96.3 cm³/mol. The Bertz CT molecular complexity index is 677. The number of ether oxygens (including phenoxy) is 1. The van der Waals surface area contributed by atoms with Crippen molar-refractivity contribution in [3.63, 3.8) is 0 Å². The van der Waals surface area contributed by atoms with Gasteiger partial charge in [0.2, 0.25) is 5.91 Å². The van der Waals surface area contributed by atoms with Crippen molar-refractivity contribution in [1.29, 1.82) is 0 Å². The van der Waals surface area contributed by atoms with Crippen LogP contribution in [0.1, 0.15) is 12.0 Å². The summed E-state index contributed by atoms with van der Waals surface area (Å²) in [5.41, 5.74) is 1.29. The van der Waals surface area contributed by atoms with E-state index in [2.05, 4.69) is 39.6 Å². The van der Waals surface area contributed by atoms with Crippen LogP contribution in [0.2, 0.25) is 5.02 Å². The summed E-state index contributed by atoms with van der Waals surface area (Å²) >= 11 is 5.80. The lowest BCUT2D eigenvalue weighted by atomic mass is 10.2. The summed E-state index contributed by atoms with van der Waals surface area (Å²) in [6, 6.07) is 10.4. The summed E-state index contributed by atoms with van der Waals surface area (Å²) in [4.78, 5) is 14.4. The first kappa shape index (κ1) is 17.9. The fraction of sp³-hybridized carbons (Fsp3) is 0.444. The highest BCUT2D eigenvalue weighted by atomic mass is 35.5. The Balaban J connectivity index is 1.46. The molecule has 0 spiro atoms. The van der Waals surface area contributed by atoms with Gasteiger partial charge in [-0.3, -0.25) is 14.4 Å². The molecule has 1 aliphatic rings. The Labute approximate surface area is 152 Å². The van der Waals surface area contributed by atoms with Crippen LogP contribution in [-0.4, -0.2) is 52.9 Å². The molecule has 3 rings (SSSR count). The van der Waals surface area contributed by atoms with Gasteiger partial charge in [0.15, 0.2) is 0 Å². The molecule has 1 atom stereocenters. The first-order valence-electron chi connectivity index (χ1n) is 8.51. The molecule has 1 aromatic carbocycles. The molecule has 6 nitrogen and oxygen atoms in total. The van der Waals surface area contributed by atoms with E-state index < -0.39 is 0 Å². The van der Waals surface area contributed by atoms with E-state index in [9.17, 15) is 4.79 Å². The van der Waals surface area contributed by atoms with E-state index in [1.54, 1.807) is 6.20 Å². The van der Waals surface area contributed by atoms with Crippen LogP contribution in [0, 0.1) is 0 Å². The third-order valence-corrected chi connectivity index (χ3v) is 4.31. The molecule has 1 unspecified atom stereocenters. The minimum Gasteiger partial charge on any atom is -0.375 e. The topological polar surface area (TPSA) is 59.4 Å². The lowest BCUT2D eigenvalue weighted by molar-refractivity contribution is -0.122. The van der Waals surface area contributed by atoms with Crippen LogP contribution in [0.5, 0.6) is 0 Å². The molecule has 1 aromatic heterocycles. The standard InChI is InChI=1S/C18H23ClN4O2/c19-16-9-21-23(12-16)14-18(24)20-10-17-13-22(7-4-8-25-17)11-15-5-2-1-3-6-15/h1-3,5-6,9,12,17H,4,7-8,10-11,13-14H2,(H,20,24). The number of halogens is 1. The fourth-order valence-electron chi connectivity index (χ4n) is 2.93. The van der Waals surface area contributed by atoms with E-state index in [4.69, 9.17) is 16.3 Å². The Morgan fingerprint density at radius 2 is 2.20 bits per heavy atom. The second-order valence-corrected chi connectivity index (χ2v) is 6.66. The van der Waals surface area contributed by atoms with E-state index >= 15 is 0 Å². The number of carbonyl (C=O) groups is 1. The summed E-state index contributed by atoms with van der Waals surface area (Å²) < 4.78 is 7.40. The minimum absolute atomic E-state index is 0.00336. The smallest absolute Gasteiger partial charge is 0.241 e. The quantitative estimate of drug-likeness (QED) is 0.853. The van der Waals surface area contributed by atoms with Gasteiger partial charge in [-0.1, -0.05) is 41.9 Å². The van der Waals surface area contributed by atoms with Crippen LogP contribution < -0.4 is 5.32 Å². The van der Waals surface area contributed by atoms with Crippen molar-refractivity contribution in [1.82, 2.24) is 20.0 Å². The summed E-state index contributed by atoms with van der Waals surface area (Å²) in [6.45, 7) is 4.10. The predicted octanol–water partition coefficient (Wildman–Crippen LogP) is 1.94. The van der Waals surface area contributed by atoms with Gasteiger partial charge in [0, 0.05) is 39.0 Å². The lowest BCUT2D eigenvalue weighted by Gasteiger charge is -2.24. The molecule has 1 N–H and O–H groups in total. The third kappa shape index (κ3) is 5.85. The normalized spacial score (nSPS) is 18.7. The first-order valence-corrected chi connectivity index (χ1v) is 8.89.